The fourth-order valence-electron chi connectivity index (χ4n) is 2.38. The van der Waals surface area contributed by atoms with Crippen LogP contribution in [0.1, 0.15) is 12.0 Å². The number of nitrogens with two attached hydrogens (primary N) is 1. The van der Waals surface area contributed by atoms with Crippen molar-refractivity contribution in [1.82, 2.24) is 4.90 Å². The SMILES string of the molecule is COc1ccc(C2(C(N)=O)CCN(C)C2=O)cc1. The van der Waals surface area contributed by atoms with E-state index in [1.165, 1.54) is 4.90 Å². The number of benzene rings is 1. The van der Waals surface area contributed by atoms with Gasteiger partial charge in [0.25, 0.3) is 0 Å². The third-order valence-corrected chi connectivity index (χ3v) is 3.54. The quantitative estimate of drug-likeness (QED) is 0.781. The number of ether oxygens (including phenoxy) is 1. The molecule has 1 aromatic carbocycles. The maximum absolute atomic E-state index is 12.2. The number of primary amides is 1. The molecule has 5 nitrogen and oxygen atoms in total. The van der Waals surface area contributed by atoms with Crippen LogP contribution in [0.3, 0.4) is 0 Å². The highest BCUT2D eigenvalue weighted by atomic mass is 16.5. The molecule has 1 saturated heterocycles. The van der Waals surface area contributed by atoms with Crippen LogP contribution in [0.25, 0.3) is 0 Å². The first kappa shape index (κ1) is 12.4. The molecule has 2 N–H and O–H groups in total. The molecule has 2 amide bonds. The number of hydrogen-bond donors (Lipinski definition) is 1. The summed E-state index contributed by atoms with van der Waals surface area (Å²) in [5, 5.41) is 0. The van der Waals surface area contributed by atoms with Crippen LogP contribution >= 0.6 is 0 Å². The second-order valence-electron chi connectivity index (χ2n) is 4.47. The Hall–Kier alpha value is -2.04. The minimum atomic E-state index is -1.22. The fraction of sp³-hybridized carbons (Fsp3) is 0.385. The van der Waals surface area contributed by atoms with Crippen molar-refractivity contribution in [3.8, 4) is 5.75 Å². The first-order valence-corrected chi connectivity index (χ1v) is 5.72. The predicted molar refractivity (Wildman–Crippen MR) is 66.1 cm³/mol. The molecular formula is C13H16N2O3. The topological polar surface area (TPSA) is 72.6 Å². The molecule has 2 rings (SSSR count). The lowest BCUT2D eigenvalue weighted by molar-refractivity contribution is -0.138. The largest absolute Gasteiger partial charge is 0.497 e. The van der Waals surface area contributed by atoms with E-state index in [4.69, 9.17) is 10.5 Å². The zero-order valence-electron chi connectivity index (χ0n) is 10.5. The molecule has 0 saturated carbocycles. The van der Waals surface area contributed by atoms with Gasteiger partial charge in [0.15, 0.2) is 5.41 Å². The number of methoxy groups -OCH3 is 1. The molecule has 1 aliphatic rings. The van der Waals surface area contributed by atoms with Crippen molar-refractivity contribution in [3.63, 3.8) is 0 Å². The van der Waals surface area contributed by atoms with Crippen LogP contribution in [0.2, 0.25) is 0 Å². The van der Waals surface area contributed by atoms with Crippen molar-refractivity contribution in [2.75, 3.05) is 20.7 Å². The summed E-state index contributed by atoms with van der Waals surface area (Å²) >= 11 is 0. The van der Waals surface area contributed by atoms with Gasteiger partial charge in [-0.15, -0.1) is 0 Å². The van der Waals surface area contributed by atoms with E-state index in [9.17, 15) is 9.59 Å². The first-order chi connectivity index (χ1) is 8.52. The molecule has 5 heteroatoms. The second-order valence-corrected chi connectivity index (χ2v) is 4.47. The molecular weight excluding hydrogens is 232 g/mol. The van der Waals surface area contributed by atoms with Gasteiger partial charge in [0.2, 0.25) is 11.8 Å². The van der Waals surface area contributed by atoms with Gasteiger partial charge in [-0.1, -0.05) is 12.1 Å². The van der Waals surface area contributed by atoms with E-state index in [2.05, 4.69) is 0 Å². The van der Waals surface area contributed by atoms with Crippen molar-refractivity contribution >= 4 is 11.8 Å². The van der Waals surface area contributed by atoms with Gasteiger partial charge < -0.3 is 15.4 Å². The molecule has 0 radical (unpaired) electrons. The number of likely N-dealkylation sites (N-methyl/N-ethyl adjacent to an activating group) is 1. The Morgan fingerprint density at radius 2 is 2.00 bits per heavy atom. The molecule has 0 aliphatic carbocycles. The highest BCUT2D eigenvalue weighted by Crippen LogP contribution is 2.35. The number of amides is 2. The average molecular weight is 248 g/mol. The third kappa shape index (κ3) is 1.63. The van der Waals surface area contributed by atoms with Gasteiger partial charge in [0.1, 0.15) is 5.75 Å². The molecule has 18 heavy (non-hydrogen) atoms. The van der Waals surface area contributed by atoms with E-state index in [1.54, 1.807) is 38.4 Å². The molecule has 1 heterocycles. The third-order valence-electron chi connectivity index (χ3n) is 3.54. The summed E-state index contributed by atoms with van der Waals surface area (Å²) in [4.78, 5) is 25.5. The molecule has 1 fully saturated rings. The van der Waals surface area contributed by atoms with Gasteiger partial charge >= 0.3 is 0 Å². The zero-order valence-corrected chi connectivity index (χ0v) is 10.5. The van der Waals surface area contributed by atoms with Crippen LogP contribution in [0.5, 0.6) is 5.75 Å². The van der Waals surface area contributed by atoms with Crippen molar-refractivity contribution < 1.29 is 14.3 Å². The molecule has 0 bridgehead atoms. The molecule has 0 spiro atoms. The number of hydrogen-bond acceptors (Lipinski definition) is 3. The molecule has 1 aromatic rings. The summed E-state index contributed by atoms with van der Waals surface area (Å²) in [7, 11) is 3.24. The first-order valence-electron chi connectivity index (χ1n) is 5.72. The molecule has 0 aromatic heterocycles. The Balaban J connectivity index is 2.48. The van der Waals surface area contributed by atoms with Crippen molar-refractivity contribution in [1.29, 1.82) is 0 Å². The fourth-order valence-corrected chi connectivity index (χ4v) is 2.38. The van der Waals surface area contributed by atoms with Crippen molar-refractivity contribution in [3.05, 3.63) is 29.8 Å². The number of likely N-dealkylation sites (tertiary alicyclic amines) is 1. The van der Waals surface area contributed by atoms with E-state index in [0.29, 0.717) is 24.3 Å². The van der Waals surface area contributed by atoms with Crippen LogP contribution in [0, 0.1) is 0 Å². The zero-order chi connectivity index (χ0) is 13.3. The number of carbonyl (C=O) groups excluding carboxylic acids is 2. The Morgan fingerprint density at radius 1 is 1.39 bits per heavy atom. The van der Waals surface area contributed by atoms with Gasteiger partial charge in [-0.05, 0) is 24.1 Å². The maximum atomic E-state index is 12.2. The summed E-state index contributed by atoms with van der Waals surface area (Å²) in [6, 6.07) is 6.90. The standard InChI is InChI=1S/C13H16N2O3/c1-15-8-7-13(11(14)16,12(15)17)9-3-5-10(18-2)6-4-9/h3-6H,7-8H2,1-2H3,(H2,14,16). The van der Waals surface area contributed by atoms with Gasteiger partial charge in [-0.25, -0.2) is 0 Å². The number of rotatable bonds is 3. The highest BCUT2D eigenvalue weighted by molar-refractivity contribution is 6.11. The van der Waals surface area contributed by atoms with Gasteiger partial charge in [-0.2, -0.15) is 0 Å². The molecule has 96 valence electrons. The molecule has 1 unspecified atom stereocenters. The van der Waals surface area contributed by atoms with E-state index in [0.717, 1.165) is 0 Å². The summed E-state index contributed by atoms with van der Waals surface area (Å²) in [5.41, 5.74) is 4.88. The molecule has 1 atom stereocenters. The lowest BCUT2D eigenvalue weighted by atomic mass is 9.78. The Bertz CT molecular complexity index is 484. The van der Waals surface area contributed by atoms with Crippen LogP contribution < -0.4 is 10.5 Å². The second kappa shape index (κ2) is 4.33. The van der Waals surface area contributed by atoms with Crippen LogP contribution in [0.4, 0.5) is 0 Å². The minimum absolute atomic E-state index is 0.236. The number of carbonyl (C=O) groups is 2. The van der Waals surface area contributed by atoms with Crippen LogP contribution in [0.15, 0.2) is 24.3 Å². The maximum Gasteiger partial charge on any atom is 0.242 e. The number of nitrogens with zero attached hydrogens (tertiary/aromatic N) is 1. The Labute approximate surface area is 106 Å². The highest BCUT2D eigenvalue weighted by Gasteiger charge is 2.51. The Kier molecular flexibility index (Phi) is 2.98. The lowest BCUT2D eigenvalue weighted by Crippen LogP contribution is -2.47. The van der Waals surface area contributed by atoms with E-state index in [-0.39, 0.29) is 5.91 Å². The van der Waals surface area contributed by atoms with Crippen molar-refractivity contribution in [2.24, 2.45) is 5.73 Å². The summed E-state index contributed by atoms with van der Waals surface area (Å²) < 4.78 is 5.06. The minimum Gasteiger partial charge on any atom is -0.497 e. The van der Waals surface area contributed by atoms with E-state index < -0.39 is 11.3 Å². The monoisotopic (exact) mass is 248 g/mol. The van der Waals surface area contributed by atoms with Crippen molar-refractivity contribution in [2.45, 2.75) is 11.8 Å². The van der Waals surface area contributed by atoms with Gasteiger partial charge in [-0.3, -0.25) is 9.59 Å². The average Bonchev–Trinajstić information content (AvgIpc) is 2.68. The predicted octanol–water partition coefficient (Wildman–Crippen LogP) is 0.280. The van der Waals surface area contributed by atoms with Gasteiger partial charge in [0, 0.05) is 13.6 Å². The van der Waals surface area contributed by atoms with Crippen LogP contribution in [-0.4, -0.2) is 37.4 Å². The summed E-state index contributed by atoms with van der Waals surface area (Å²) in [5.74, 6) is -0.153. The molecule has 1 aliphatic heterocycles. The Morgan fingerprint density at radius 3 is 2.39 bits per heavy atom. The van der Waals surface area contributed by atoms with Gasteiger partial charge in [0.05, 0.1) is 7.11 Å². The lowest BCUT2D eigenvalue weighted by Gasteiger charge is -2.24. The summed E-state index contributed by atoms with van der Waals surface area (Å²) in [6.45, 7) is 0.536. The van der Waals surface area contributed by atoms with E-state index in [1.807, 2.05) is 0 Å². The smallest absolute Gasteiger partial charge is 0.242 e. The normalized spacial score (nSPS) is 23.2. The summed E-state index contributed by atoms with van der Waals surface area (Å²) in [6.07, 6.45) is 0.421. The van der Waals surface area contributed by atoms with E-state index >= 15 is 0 Å². The van der Waals surface area contributed by atoms with Crippen LogP contribution in [-0.2, 0) is 15.0 Å².